The third kappa shape index (κ3) is 5.36. The lowest BCUT2D eigenvalue weighted by atomic mass is 9.47. The van der Waals surface area contributed by atoms with Crippen molar-refractivity contribution in [1.82, 2.24) is 15.1 Å². The van der Waals surface area contributed by atoms with Crippen LogP contribution >= 0.6 is 0 Å². The van der Waals surface area contributed by atoms with Gasteiger partial charge in [-0.3, -0.25) is 9.59 Å². The summed E-state index contributed by atoms with van der Waals surface area (Å²) in [5, 5.41) is 3.24. The van der Waals surface area contributed by atoms with Crippen LogP contribution in [0.4, 0.5) is 4.79 Å². The van der Waals surface area contributed by atoms with Gasteiger partial charge in [-0.2, -0.15) is 0 Å². The number of ether oxygens (including phenoxy) is 1. The Balaban J connectivity index is 1.16. The van der Waals surface area contributed by atoms with Crippen LogP contribution in [0.25, 0.3) is 0 Å². The van der Waals surface area contributed by atoms with Gasteiger partial charge >= 0.3 is 6.09 Å². The van der Waals surface area contributed by atoms with Gasteiger partial charge < -0.3 is 19.9 Å². The molecule has 2 aliphatic heterocycles. The molecular weight excluding hydrogens is 490 g/mol. The number of likely N-dealkylation sites (tertiary alicyclic amines) is 1. The van der Waals surface area contributed by atoms with Crippen LogP contribution in [0.1, 0.15) is 92.4 Å². The number of hydrogen-bond donors (Lipinski definition) is 1. The SMILES string of the molecule is CN1C(=O)C=C[C@]2(C)[C@H]3CC[C@]4(C)[C@@H](CC(=O)NCC5CCCN(C(=O)OC(C)(C)C)C5)CC[C@H]4[C@@H]3CC[C@@H]12. The first-order valence-electron chi connectivity index (χ1n) is 15.5. The van der Waals surface area contributed by atoms with E-state index in [-0.39, 0.29) is 34.7 Å². The number of piperidine rings is 1. The molecule has 5 aliphatic rings. The van der Waals surface area contributed by atoms with Crippen LogP contribution in [-0.2, 0) is 14.3 Å². The second-order valence-corrected chi connectivity index (χ2v) is 14.9. The molecule has 3 amide bonds. The van der Waals surface area contributed by atoms with Gasteiger partial charge in [-0.15, -0.1) is 0 Å². The summed E-state index contributed by atoms with van der Waals surface area (Å²) in [6.07, 6.45) is 13.4. The van der Waals surface area contributed by atoms with Crippen molar-refractivity contribution in [3.05, 3.63) is 12.2 Å². The van der Waals surface area contributed by atoms with Crippen molar-refractivity contribution >= 4 is 17.9 Å². The maximum Gasteiger partial charge on any atom is 0.410 e. The lowest BCUT2D eigenvalue weighted by Gasteiger charge is -2.60. The smallest absolute Gasteiger partial charge is 0.410 e. The molecule has 8 atom stereocenters. The van der Waals surface area contributed by atoms with E-state index in [0.29, 0.717) is 49.2 Å². The molecule has 3 saturated carbocycles. The first-order valence-corrected chi connectivity index (χ1v) is 15.5. The molecule has 0 aromatic heterocycles. The highest BCUT2D eigenvalue weighted by Gasteiger charge is 2.60. The number of nitrogens with one attached hydrogen (secondary N) is 1. The van der Waals surface area contributed by atoms with Crippen molar-refractivity contribution in [1.29, 1.82) is 0 Å². The third-order valence-corrected chi connectivity index (χ3v) is 11.5. The third-order valence-electron chi connectivity index (χ3n) is 11.5. The second kappa shape index (κ2) is 10.4. The normalized spacial score (nSPS) is 40.0. The van der Waals surface area contributed by atoms with Gasteiger partial charge in [-0.25, -0.2) is 4.79 Å². The van der Waals surface area contributed by atoms with Crippen LogP contribution in [0.15, 0.2) is 12.2 Å². The minimum absolute atomic E-state index is 0.0650. The maximum atomic E-state index is 13.2. The maximum absolute atomic E-state index is 13.2. The average Bonchev–Trinajstić information content (AvgIpc) is 3.20. The number of amides is 3. The molecule has 0 aromatic rings. The van der Waals surface area contributed by atoms with Gasteiger partial charge in [0.15, 0.2) is 0 Å². The lowest BCUT2D eigenvalue weighted by Crippen LogP contribution is -2.59. The van der Waals surface area contributed by atoms with Gasteiger partial charge in [0.2, 0.25) is 11.8 Å². The van der Waals surface area contributed by atoms with E-state index in [1.165, 1.54) is 25.7 Å². The zero-order chi connectivity index (χ0) is 28.2. The minimum Gasteiger partial charge on any atom is -0.444 e. The number of carbonyl (C=O) groups excluding carboxylic acids is 3. The number of rotatable bonds is 4. The highest BCUT2D eigenvalue weighted by atomic mass is 16.6. The summed E-state index contributed by atoms with van der Waals surface area (Å²) >= 11 is 0. The van der Waals surface area contributed by atoms with Crippen molar-refractivity contribution in [2.75, 3.05) is 26.7 Å². The molecule has 7 nitrogen and oxygen atoms in total. The molecule has 39 heavy (non-hydrogen) atoms. The largest absolute Gasteiger partial charge is 0.444 e. The van der Waals surface area contributed by atoms with E-state index in [0.717, 1.165) is 32.2 Å². The quantitative estimate of drug-likeness (QED) is 0.517. The summed E-state index contributed by atoms with van der Waals surface area (Å²) in [5.74, 6) is 3.01. The van der Waals surface area contributed by atoms with E-state index >= 15 is 0 Å². The van der Waals surface area contributed by atoms with E-state index in [1.54, 1.807) is 4.90 Å². The van der Waals surface area contributed by atoms with Gasteiger partial charge in [0.1, 0.15) is 5.60 Å². The van der Waals surface area contributed by atoms with Crippen LogP contribution in [-0.4, -0.2) is 66.0 Å². The van der Waals surface area contributed by atoms with Crippen molar-refractivity contribution in [2.45, 2.75) is 104 Å². The predicted octanol–water partition coefficient (Wildman–Crippen LogP) is 5.40. The summed E-state index contributed by atoms with van der Waals surface area (Å²) in [5.41, 5.74) is -0.206. The summed E-state index contributed by atoms with van der Waals surface area (Å²) in [6, 6.07) is 0.314. The van der Waals surface area contributed by atoms with E-state index in [9.17, 15) is 14.4 Å². The van der Waals surface area contributed by atoms with Gasteiger partial charge in [-0.05, 0) is 113 Å². The fourth-order valence-electron chi connectivity index (χ4n) is 9.46. The fraction of sp³-hybridized carbons (Fsp3) is 0.844. The number of likely N-dealkylation sites (N-methyl/N-ethyl adjacent to an activating group) is 1. The molecule has 0 bridgehead atoms. The van der Waals surface area contributed by atoms with Crippen molar-refractivity contribution < 1.29 is 19.1 Å². The van der Waals surface area contributed by atoms with Crippen molar-refractivity contribution in [2.24, 2.45) is 40.4 Å². The first kappa shape index (κ1) is 28.5. The van der Waals surface area contributed by atoms with Crippen LogP contribution in [0.2, 0.25) is 0 Å². The fourth-order valence-corrected chi connectivity index (χ4v) is 9.46. The molecule has 0 spiro atoms. The molecule has 1 saturated heterocycles. The molecule has 0 aromatic carbocycles. The van der Waals surface area contributed by atoms with Crippen LogP contribution in [0, 0.1) is 40.4 Å². The molecule has 5 rings (SSSR count). The van der Waals surface area contributed by atoms with Crippen LogP contribution in [0.5, 0.6) is 0 Å². The summed E-state index contributed by atoms with van der Waals surface area (Å²) in [6.45, 7) is 12.6. The summed E-state index contributed by atoms with van der Waals surface area (Å²) in [7, 11) is 1.98. The molecule has 218 valence electrons. The first-order chi connectivity index (χ1) is 18.3. The van der Waals surface area contributed by atoms with Gasteiger partial charge in [0.05, 0.1) is 0 Å². The van der Waals surface area contributed by atoms with Gasteiger partial charge in [-0.1, -0.05) is 19.9 Å². The summed E-state index contributed by atoms with van der Waals surface area (Å²) in [4.78, 5) is 41.9. The van der Waals surface area contributed by atoms with Gasteiger partial charge in [0.25, 0.3) is 0 Å². The number of hydrogen-bond acceptors (Lipinski definition) is 4. The minimum atomic E-state index is -0.494. The molecule has 2 heterocycles. The molecule has 4 fully saturated rings. The molecule has 3 aliphatic carbocycles. The number of carbonyl (C=O) groups is 3. The standard InChI is InChI=1S/C32H51N3O4/c1-30(2,3)39-29(38)35-17-7-8-21(20-35)19-33-27(36)18-22-9-11-24-23-10-12-26-32(5,16-14-28(37)34(26)6)25(23)13-15-31(22,24)4/h14,16,21-26H,7-13,15,17-20H2,1-6H3,(H,33,36)/t21?,22-,23+,24+,25+,26-,31-,32-/m1/s1. The Bertz CT molecular complexity index is 1000. The Labute approximate surface area is 235 Å². The Kier molecular flexibility index (Phi) is 7.60. The average molecular weight is 542 g/mol. The molecule has 0 radical (unpaired) electrons. The Morgan fingerprint density at radius 3 is 2.59 bits per heavy atom. The van der Waals surface area contributed by atoms with Gasteiger partial charge in [0, 0.05) is 44.6 Å². The summed E-state index contributed by atoms with van der Waals surface area (Å²) < 4.78 is 5.56. The van der Waals surface area contributed by atoms with E-state index in [4.69, 9.17) is 4.74 Å². The zero-order valence-corrected chi connectivity index (χ0v) is 25.1. The predicted molar refractivity (Wildman–Crippen MR) is 152 cm³/mol. The Morgan fingerprint density at radius 1 is 1.08 bits per heavy atom. The zero-order valence-electron chi connectivity index (χ0n) is 25.1. The number of nitrogens with zero attached hydrogens (tertiary/aromatic N) is 2. The highest BCUT2D eigenvalue weighted by molar-refractivity contribution is 5.89. The second-order valence-electron chi connectivity index (χ2n) is 14.9. The molecular formula is C32H51N3O4. The highest BCUT2D eigenvalue weighted by Crippen LogP contribution is 2.65. The van der Waals surface area contributed by atoms with E-state index in [1.807, 2.05) is 38.8 Å². The van der Waals surface area contributed by atoms with E-state index in [2.05, 4.69) is 25.2 Å². The van der Waals surface area contributed by atoms with Crippen LogP contribution in [0.3, 0.4) is 0 Å². The van der Waals surface area contributed by atoms with Crippen molar-refractivity contribution in [3.63, 3.8) is 0 Å². The molecule has 1 N–H and O–H groups in total. The molecule has 7 heteroatoms. The molecule has 1 unspecified atom stereocenters. The Hall–Kier alpha value is -2.05. The Morgan fingerprint density at radius 2 is 1.85 bits per heavy atom. The van der Waals surface area contributed by atoms with Crippen molar-refractivity contribution in [3.8, 4) is 0 Å². The van der Waals surface area contributed by atoms with E-state index < -0.39 is 5.60 Å². The number of fused-ring (bicyclic) bond motifs is 5. The topological polar surface area (TPSA) is 79.0 Å². The lowest BCUT2D eigenvalue weighted by molar-refractivity contribution is -0.139. The monoisotopic (exact) mass is 541 g/mol. The van der Waals surface area contributed by atoms with Crippen LogP contribution < -0.4 is 5.32 Å².